The van der Waals surface area contributed by atoms with Gasteiger partial charge in [-0.3, -0.25) is 4.79 Å². The first-order valence-electron chi connectivity index (χ1n) is 12.6. The molecule has 0 radical (unpaired) electrons. The minimum absolute atomic E-state index is 0.107. The topological polar surface area (TPSA) is 123 Å². The summed E-state index contributed by atoms with van der Waals surface area (Å²) in [6.45, 7) is 5.12. The normalized spacial score (nSPS) is 19.6. The van der Waals surface area contributed by atoms with Gasteiger partial charge in [-0.05, 0) is 31.0 Å². The third-order valence-corrected chi connectivity index (χ3v) is 7.66. The zero-order valence-electron chi connectivity index (χ0n) is 20.5. The number of pyridine rings is 2. The largest absolute Gasteiger partial charge is 0.458 e. The molecule has 6 rings (SSSR count). The summed E-state index contributed by atoms with van der Waals surface area (Å²) in [4.78, 5) is 38.2. The zero-order chi connectivity index (χ0) is 25.2. The van der Waals surface area contributed by atoms with Crippen LogP contribution in [0.5, 0.6) is 0 Å². The van der Waals surface area contributed by atoms with Crippen molar-refractivity contribution in [3.63, 3.8) is 0 Å². The van der Waals surface area contributed by atoms with E-state index < -0.39 is 11.6 Å². The summed E-state index contributed by atoms with van der Waals surface area (Å²) in [7, 11) is 0. The molecule has 36 heavy (non-hydrogen) atoms. The van der Waals surface area contributed by atoms with E-state index in [9.17, 15) is 14.7 Å². The summed E-state index contributed by atoms with van der Waals surface area (Å²) < 4.78 is 6.89. The lowest BCUT2D eigenvalue weighted by atomic mass is 9.86. The predicted molar refractivity (Wildman–Crippen MR) is 138 cm³/mol. The van der Waals surface area contributed by atoms with Crippen LogP contribution in [0.2, 0.25) is 0 Å². The maximum atomic E-state index is 13.6. The van der Waals surface area contributed by atoms with Crippen molar-refractivity contribution in [3.8, 4) is 11.4 Å². The molecule has 186 valence electrons. The number of anilines is 1. The molecule has 0 aliphatic carbocycles. The van der Waals surface area contributed by atoms with E-state index in [1.807, 2.05) is 18.2 Å². The second kappa shape index (κ2) is 8.25. The number of carbonyl (C=O) groups is 1. The van der Waals surface area contributed by atoms with Crippen molar-refractivity contribution < 1.29 is 14.6 Å². The molecule has 3 aliphatic rings. The van der Waals surface area contributed by atoms with Gasteiger partial charge in [0.25, 0.3) is 5.56 Å². The molecular weight excluding hydrogens is 458 g/mol. The molecule has 0 saturated heterocycles. The summed E-state index contributed by atoms with van der Waals surface area (Å²) in [5.74, 6) is 0.0682. The fraction of sp³-hybridized carbons (Fsp3) is 0.407. The maximum Gasteiger partial charge on any atom is 0.343 e. The molecule has 9 nitrogen and oxygen atoms in total. The van der Waals surface area contributed by atoms with E-state index >= 15 is 0 Å². The number of aromatic nitrogens is 2. The summed E-state index contributed by atoms with van der Waals surface area (Å²) in [5, 5.41) is 12.1. The Morgan fingerprint density at radius 3 is 2.78 bits per heavy atom. The first kappa shape index (κ1) is 22.9. The van der Waals surface area contributed by atoms with Crippen molar-refractivity contribution in [2.45, 2.75) is 58.3 Å². The van der Waals surface area contributed by atoms with E-state index in [4.69, 9.17) is 20.4 Å². The molecule has 3 aromatic rings. The van der Waals surface area contributed by atoms with Crippen LogP contribution in [0.25, 0.3) is 22.3 Å². The third-order valence-electron chi connectivity index (χ3n) is 7.66. The van der Waals surface area contributed by atoms with Gasteiger partial charge in [0.15, 0.2) is 5.60 Å². The van der Waals surface area contributed by atoms with E-state index in [0.717, 1.165) is 59.5 Å². The monoisotopic (exact) mass is 487 g/mol. The lowest BCUT2D eigenvalue weighted by Gasteiger charge is -2.32. The van der Waals surface area contributed by atoms with Crippen LogP contribution < -0.4 is 16.2 Å². The molecule has 0 saturated carbocycles. The van der Waals surface area contributed by atoms with Crippen LogP contribution in [0.15, 0.2) is 34.1 Å². The number of unbranched alkanes of at least 4 members (excludes halogenated alkanes) is 2. The molecule has 3 aliphatic heterocycles. The first-order chi connectivity index (χ1) is 17.4. The molecule has 2 aromatic heterocycles. The Labute approximate surface area is 208 Å². The van der Waals surface area contributed by atoms with E-state index in [1.54, 1.807) is 17.6 Å². The summed E-state index contributed by atoms with van der Waals surface area (Å²) in [6, 6.07) is 7.60. The van der Waals surface area contributed by atoms with Gasteiger partial charge < -0.3 is 25.0 Å². The molecule has 1 aromatic carbocycles. The third kappa shape index (κ3) is 3.02. The number of esters is 1. The number of fused-ring (bicyclic) bond motifs is 5. The quantitative estimate of drug-likeness (QED) is 0.316. The Morgan fingerprint density at radius 2 is 2.03 bits per heavy atom. The molecule has 0 spiro atoms. The summed E-state index contributed by atoms with van der Waals surface area (Å²) in [5.41, 5.74) is 9.50. The van der Waals surface area contributed by atoms with Crippen molar-refractivity contribution in [2.75, 3.05) is 18.0 Å². The highest BCUT2D eigenvalue weighted by Crippen LogP contribution is 2.47. The van der Waals surface area contributed by atoms with Crippen LogP contribution in [-0.4, -0.2) is 39.6 Å². The number of nitrogens with two attached hydrogens (primary N) is 1. The van der Waals surface area contributed by atoms with Crippen molar-refractivity contribution in [1.82, 2.24) is 9.55 Å². The Kier molecular flexibility index (Phi) is 5.24. The van der Waals surface area contributed by atoms with Gasteiger partial charge in [-0.2, -0.15) is 0 Å². The fourth-order valence-electron chi connectivity index (χ4n) is 5.72. The second-order valence-electron chi connectivity index (χ2n) is 9.65. The molecule has 5 heterocycles. The van der Waals surface area contributed by atoms with Gasteiger partial charge in [-0.15, -0.1) is 0 Å². The molecule has 9 heteroatoms. The molecule has 0 unspecified atom stereocenters. The second-order valence-corrected chi connectivity index (χ2v) is 9.65. The van der Waals surface area contributed by atoms with Crippen molar-refractivity contribution in [2.24, 2.45) is 10.7 Å². The Hall–Kier alpha value is -3.56. The summed E-state index contributed by atoms with van der Waals surface area (Å²) in [6.07, 6.45) is 3.27. The van der Waals surface area contributed by atoms with Crippen molar-refractivity contribution in [1.29, 1.82) is 0 Å². The number of hydrogen-bond acceptors (Lipinski definition) is 8. The number of cyclic esters (lactones) is 1. The molecular formula is C27H29N5O4. The molecule has 0 bridgehead atoms. The van der Waals surface area contributed by atoms with Crippen LogP contribution in [0.1, 0.15) is 56.2 Å². The van der Waals surface area contributed by atoms with Crippen molar-refractivity contribution >= 4 is 34.1 Å². The number of nitrogens with zero attached hydrogens (tertiary/aromatic N) is 4. The summed E-state index contributed by atoms with van der Waals surface area (Å²) >= 11 is 0. The van der Waals surface area contributed by atoms with Gasteiger partial charge in [0.2, 0.25) is 0 Å². The lowest BCUT2D eigenvalue weighted by molar-refractivity contribution is -0.172. The SMILES string of the molecule is CCCCCN1C(CN)=Nc2cccc3nc4c(c1c23)Cn1c-4cc2c(c1=O)COC(=O)[C@]2(O)CC. The highest BCUT2D eigenvalue weighted by Gasteiger charge is 2.45. The molecule has 1 atom stereocenters. The van der Waals surface area contributed by atoms with Crippen LogP contribution in [0.3, 0.4) is 0 Å². The van der Waals surface area contributed by atoms with Gasteiger partial charge in [0, 0.05) is 17.7 Å². The standard InChI is InChI=1S/C27H29N5O4/c1-3-5-6-10-31-21(12-28)29-18-8-7-9-19-22(18)24(31)15-13-32-20(23(15)30-19)11-17-16(25(32)33)14-36-26(34)27(17,35)4-2/h7-9,11,35H,3-6,10,12-14,28H2,1-2H3/t27-/m0/s1. The number of rotatable bonds is 6. The molecule has 0 amide bonds. The smallest absolute Gasteiger partial charge is 0.343 e. The Balaban J connectivity index is 1.62. The minimum Gasteiger partial charge on any atom is -0.458 e. The molecule has 0 fully saturated rings. The Bertz CT molecular complexity index is 1530. The number of ether oxygens (including phenoxy) is 1. The van der Waals surface area contributed by atoms with Gasteiger partial charge in [-0.1, -0.05) is 32.8 Å². The van der Waals surface area contributed by atoms with E-state index in [0.29, 0.717) is 35.6 Å². The number of aliphatic hydroxyl groups is 1. The number of amidine groups is 1. The van der Waals surface area contributed by atoms with Crippen LogP contribution >= 0.6 is 0 Å². The van der Waals surface area contributed by atoms with Crippen LogP contribution in [-0.2, 0) is 28.3 Å². The average Bonchev–Trinajstić information content (AvgIpc) is 3.26. The number of carbonyl (C=O) groups excluding carboxylic acids is 1. The first-order valence-corrected chi connectivity index (χ1v) is 12.6. The van der Waals surface area contributed by atoms with E-state index in [1.165, 1.54) is 0 Å². The maximum absolute atomic E-state index is 13.6. The number of aliphatic imine (C=N–C) groups is 1. The van der Waals surface area contributed by atoms with E-state index in [2.05, 4.69) is 11.8 Å². The number of benzene rings is 1. The predicted octanol–water partition coefficient (Wildman–Crippen LogP) is 3.08. The fourth-order valence-corrected chi connectivity index (χ4v) is 5.72. The van der Waals surface area contributed by atoms with Crippen LogP contribution in [0.4, 0.5) is 11.4 Å². The average molecular weight is 488 g/mol. The van der Waals surface area contributed by atoms with Gasteiger partial charge in [-0.25, -0.2) is 14.8 Å². The van der Waals surface area contributed by atoms with Gasteiger partial charge in [0.1, 0.15) is 12.4 Å². The highest BCUT2D eigenvalue weighted by molar-refractivity contribution is 6.16. The molecule has 3 N–H and O–H groups in total. The lowest BCUT2D eigenvalue weighted by Crippen LogP contribution is -2.44. The highest BCUT2D eigenvalue weighted by atomic mass is 16.6. The zero-order valence-corrected chi connectivity index (χ0v) is 20.5. The van der Waals surface area contributed by atoms with Crippen molar-refractivity contribution in [3.05, 3.63) is 51.3 Å². The van der Waals surface area contributed by atoms with Gasteiger partial charge in [0.05, 0.1) is 52.3 Å². The number of hydrogen-bond donors (Lipinski definition) is 2. The van der Waals surface area contributed by atoms with Crippen LogP contribution in [0, 0.1) is 0 Å². The van der Waals surface area contributed by atoms with E-state index in [-0.39, 0.29) is 18.6 Å². The van der Waals surface area contributed by atoms with Gasteiger partial charge >= 0.3 is 5.97 Å². The minimum atomic E-state index is -1.85. The Morgan fingerprint density at radius 1 is 1.19 bits per heavy atom.